The second-order valence-corrected chi connectivity index (χ2v) is 5.25. The van der Waals surface area contributed by atoms with E-state index in [2.05, 4.69) is 15.6 Å². The van der Waals surface area contributed by atoms with Crippen molar-refractivity contribution in [2.45, 2.75) is 32.2 Å². The average Bonchev–Trinajstić information content (AvgIpc) is 3.12. The van der Waals surface area contributed by atoms with Crippen LogP contribution in [0.3, 0.4) is 0 Å². The Balaban J connectivity index is 2.20. The van der Waals surface area contributed by atoms with Crippen LogP contribution in [-0.4, -0.2) is 23.5 Å². The van der Waals surface area contributed by atoms with Crippen LogP contribution in [0.1, 0.15) is 37.0 Å². The van der Waals surface area contributed by atoms with E-state index >= 15 is 0 Å². The Kier molecular flexibility index (Phi) is 3.24. The summed E-state index contributed by atoms with van der Waals surface area (Å²) in [6.07, 6.45) is 3.36. The molecular weight excluding hydrogens is 233 g/mol. The molecule has 1 aromatic rings. The molecule has 1 aliphatic rings. The molecule has 0 spiro atoms. The fourth-order valence-corrected chi connectivity index (χ4v) is 2.08. The summed E-state index contributed by atoms with van der Waals surface area (Å²) in [5, 5.41) is 5.75. The molecule has 1 amide bonds. The maximum Gasteiger partial charge on any atom is 0.255 e. The second kappa shape index (κ2) is 4.55. The van der Waals surface area contributed by atoms with Gasteiger partial charge in [-0.1, -0.05) is 0 Å². The molecule has 0 aromatic carbocycles. The molecule has 18 heavy (non-hydrogen) atoms. The number of amides is 1. The van der Waals surface area contributed by atoms with E-state index in [1.54, 1.807) is 7.05 Å². The van der Waals surface area contributed by atoms with Gasteiger partial charge in [0.05, 0.1) is 11.8 Å². The van der Waals surface area contributed by atoms with Crippen molar-refractivity contribution in [1.29, 1.82) is 0 Å². The number of hydrogen-bond acceptors (Lipinski definition) is 3. The third-order valence-corrected chi connectivity index (χ3v) is 3.37. The minimum atomic E-state index is -0.511. The zero-order valence-corrected chi connectivity index (χ0v) is 10.9. The Morgan fingerprint density at radius 1 is 1.50 bits per heavy atom. The van der Waals surface area contributed by atoms with Gasteiger partial charge in [0.15, 0.2) is 0 Å². The standard InChI is InChI=1S/C13H18FN3O/c1-13(2,8-4-5-8)17-12(18)10-6-9(14)7-16-11(10)15-3/h6-8H,4-5H2,1-3H3,(H,15,16)(H,17,18). The molecule has 0 saturated heterocycles. The molecule has 98 valence electrons. The molecule has 2 N–H and O–H groups in total. The summed E-state index contributed by atoms with van der Waals surface area (Å²) in [7, 11) is 1.66. The number of pyridine rings is 1. The van der Waals surface area contributed by atoms with Crippen molar-refractivity contribution in [3.8, 4) is 0 Å². The average molecular weight is 251 g/mol. The Hall–Kier alpha value is -1.65. The fourth-order valence-electron chi connectivity index (χ4n) is 2.08. The van der Waals surface area contributed by atoms with Crippen molar-refractivity contribution in [3.05, 3.63) is 23.6 Å². The molecule has 0 radical (unpaired) electrons. The number of aromatic nitrogens is 1. The van der Waals surface area contributed by atoms with Gasteiger partial charge in [0.2, 0.25) is 0 Å². The molecule has 4 nitrogen and oxygen atoms in total. The highest BCUT2D eigenvalue weighted by molar-refractivity contribution is 5.99. The van der Waals surface area contributed by atoms with Gasteiger partial charge in [-0.2, -0.15) is 0 Å². The van der Waals surface area contributed by atoms with E-state index < -0.39 is 5.82 Å². The number of nitrogens with one attached hydrogen (secondary N) is 2. The van der Waals surface area contributed by atoms with Gasteiger partial charge in [0, 0.05) is 12.6 Å². The number of nitrogens with zero attached hydrogens (tertiary/aromatic N) is 1. The van der Waals surface area contributed by atoms with Crippen LogP contribution < -0.4 is 10.6 Å². The first-order valence-corrected chi connectivity index (χ1v) is 6.10. The summed E-state index contributed by atoms with van der Waals surface area (Å²) in [5.74, 6) is 0.105. The maximum atomic E-state index is 13.2. The van der Waals surface area contributed by atoms with Crippen LogP contribution in [0.25, 0.3) is 0 Å². The number of halogens is 1. The quantitative estimate of drug-likeness (QED) is 0.862. The number of hydrogen-bond donors (Lipinski definition) is 2. The molecule has 5 heteroatoms. The Morgan fingerprint density at radius 2 is 2.17 bits per heavy atom. The summed E-state index contributed by atoms with van der Waals surface area (Å²) >= 11 is 0. The zero-order valence-electron chi connectivity index (χ0n) is 10.9. The Labute approximate surface area is 106 Å². The molecule has 1 aromatic heterocycles. The molecular formula is C13H18FN3O. The molecule has 0 atom stereocenters. The maximum absolute atomic E-state index is 13.2. The molecule has 1 fully saturated rings. The summed E-state index contributed by atoms with van der Waals surface area (Å²) < 4.78 is 13.2. The van der Waals surface area contributed by atoms with Gasteiger partial charge < -0.3 is 10.6 Å². The summed E-state index contributed by atoms with van der Waals surface area (Å²) in [6, 6.07) is 1.21. The van der Waals surface area contributed by atoms with Crippen molar-refractivity contribution in [2.75, 3.05) is 12.4 Å². The Morgan fingerprint density at radius 3 is 2.72 bits per heavy atom. The largest absolute Gasteiger partial charge is 0.372 e. The van der Waals surface area contributed by atoms with Gasteiger partial charge in [-0.3, -0.25) is 4.79 Å². The lowest BCUT2D eigenvalue weighted by Crippen LogP contribution is -2.45. The van der Waals surface area contributed by atoms with Crippen LogP contribution >= 0.6 is 0 Å². The van der Waals surface area contributed by atoms with Crippen LogP contribution in [0.4, 0.5) is 10.2 Å². The van der Waals surface area contributed by atoms with Crippen LogP contribution in [0.5, 0.6) is 0 Å². The van der Waals surface area contributed by atoms with Crippen molar-refractivity contribution < 1.29 is 9.18 Å². The predicted octanol–water partition coefficient (Wildman–Crippen LogP) is 2.18. The third-order valence-electron chi connectivity index (χ3n) is 3.37. The van der Waals surface area contributed by atoms with E-state index in [0.29, 0.717) is 11.7 Å². The summed E-state index contributed by atoms with van der Waals surface area (Å²) in [5.41, 5.74) is -0.0137. The van der Waals surface area contributed by atoms with Gasteiger partial charge >= 0.3 is 0 Å². The highest BCUT2D eigenvalue weighted by Gasteiger charge is 2.39. The SMILES string of the molecule is CNc1ncc(F)cc1C(=O)NC(C)(C)C1CC1. The zero-order chi connectivity index (χ0) is 13.3. The van der Waals surface area contributed by atoms with Crippen LogP contribution in [0.15, 0.2) is 12.3 Å². The number of carbonyl (C=O) groups excluding carboxylic acids is 1. The van der Waals surface area contributed by atoms with E-state index in [-0.39, 0.29) is 17.0 Å². The summed E-state index contributed by atoms with van der Waals surface area (Å²) in [4.78, 5) is 16.0. The molecule has 0 unspecified atom stereocenters. The van der Waals surface area contributed by atoms with Gasteiger partial charge in [-0.25, -0.2) is 9.37 Å². The highest BCUT2D eigenvalue weighted by atomic mass is 19.1. The first-order valence-electron chi connectivity index (χ1n) is 6.10. The molecule has 2 rings (SSSR count). The molecule has 1 saturated carbocycles. The molecule has 0 bridgehead atoms. The predicted molar refractivity (Wildman–Crippen MR) is 68.0 cm³/mol. The van der Waals surface area contributed by atoms with Gasteiger partial charge in [0.25, 0.3) is 5.91 Å². The smallest absolute Gasteiger partial charge is 0.255 e. The van der Waals surface area contributed by atoms with Crippen LogP contribution in [0.2, 0.25) is 0 Å². The molecule has 1 heterocycles. The van der Waals surface area contributed by atoms with Crippen molar-refractivity contribution in [3.63, 3.8) is 0 Å². The van der Waals surface area contributed by atoms with E-state index in [9.17, 15) is 9.18 Å². The third kappa shape index (κ3) is 2.60. The minimum Gasteiger partial charge on any atom is -0.372 e. The number of anilines is 1. The van der Waals surface area contributed by atoms with Crippen molar-refractivity contribution in [2.24, 2.45) is 5.92 Å². The van der Waals surface area contributed by atoms with E-state index in [0.717, 1.165) is 19.0 Å². The van der Waals surface area contributed by atoms with E-state index in [4.69, 9.17) is 0 Å². The Bertz CT molecular complexity index is 469. The van der Waals surface area contributed by atoms with Crippen molar-refractivity contribution >= 4 is 11.7 Å². The van der Waals surface area contributed by atoms with E-state index in [1.165, 1.54) is 6.07 Å². The lowest BCUT2D eigenvalue weighted by Gasteiger charge is -2.26. The minimum absolute atomic E-state index is 0.242. The monoisotopic (exact) mass is 251 g/mol. The normalized spacial score (nSPS) is 15.3. The lowest BCUT2D eigenvalue weighted by molar-refractivity contribution is 0.0903. The topological polar surface area (TPSA) is 54.0 Å². The molecule has 1 aliphatic carbocycles. The lowest BCUT2D eigenvalue weighted by atomic mass is 9.98. The van der Waals surface area contributed by atoms with Crippen LogP contribution in [-0.2, 0) is 0 Å². The van der Waals surface area contributed by atoms with E-state index in [1.807, 2.05) is 13.8 Å². The summed E-state index contributed by atoms with van der Waals surface area (Å²) in [6.45, 7) is 3.99. The highest BCUT2D eigenvalue weighted by Crippen LogP contribution is 2.39. The van der Waals surface area contributed by atoms with Crippen molar-refractivity contribution in [1.82, 2.24) is 10.3 Å². The fraction of sp³-hybridized carbons (Fsp3) is 0.538. The van der Waals surface area contributed by atoms with Crippen LogP contribution in [0, 0.1) is 11.7 Å². The van der Waals surface area contributed by atoms with Gasteiger partial charge in [-0.15, -0.1) is 0 Å². The first kappa shape index (κ1) is 12.8. The number of carbonyl (C=O) groups is 1. The number of rotatable bonds is 4. The van der Waals surface area contributed by atoms with Gasteiger partial charge in [0.1, 0.15) is 11.6 Å². The second-order valence-electron chi connectivity index (χ2n) is 5.25. The van der Waals surface area contributed by atoms with Gasteiger partial charge in [-0.05, 0) is 38.7 Å². The first-order chi connectivity index (χ1) is 8.44. The molecule has 0 aliphatic heterocycles.